The third-order valence-corrected chi connectivity index (χ3v) is 4.91. The predicted molar refractivity (Wildman–Crippen MR) is 100 cm³/mol. The van der Waals surface area contributed by atoms with E-state index in [0.717, 1.165) is 40.5 Å². The van der Waals surface area contributed by atoms with E-state index in [2.05, 4.69) is 38.3 Å². The van der Waals surface area contributed by atoms with Gasteiger partial charge in [-0.2, -0.15) is 15.3 Å². The van der Waals surface area contributed by atoms with E-state index in [0.29, 0.717) is 13.2 Å². The zero-order valence-electron chi connectivity index (χ0n) is 15.2. The predicted octanol–water partition coefficient (Wildman–Crippen LogP) is 1.74. The first-order chi connectivity index (χ1) is 13.2. The summed E-state index contributed by atoms with van der Waals surface area (Å²) in [6.07, 6.45) is 7.38. The highest BCUT2D eigenvalue weighted by molar-refractivity contribution is 5.78. The third-order valence-electron chi connectivity index (χ3n) is 4.91. The summed E-state index contributed by atoms with van der Waals surface area (Å²) in [6.45, 7) is 4.36. The average Bonchev–Trinajstić information content (AvgIpc) is 3.41. The molecule has 0 saturated carbocycles. The van der Waals surface area contributed by atoms with Crippen LogP contribution in [0.15, 0.2) is 36.9 Å². The van der Waals surface area contributed by atoms with Crippen LogP contribution in [0.25, 0.3) is 28.2 Å². The van der Waals surface area contributed by atoms with Gasteiger partial charge in [0, 0.05) is 37.6 Å². The first kappa shape index (κ1) is 16.0. The van der Waals surface area contributed by atoms with E-state index < -0.39 is 0 Å². The molecule has 138 valence electrons. The summed E-state index contributed by atoms with van der Waals surface area (Å²) in [6, 6.07) is 4.26. The smallest absolute Gasteiger partial charge is 0.167 e. The van der Waals surface area contributed by atoms with E-state index in [9.17, 15) is 0 Å². The van der Waals surface area contributed by atoms with Gasteiger partial charge in [0.1, 0.15) is 5.82 Å². The molecule has 0 spiro atoms. The van der Waals surface area contributed by atoms with Crippen LogP contribution in [0.5, 0.6) is 0 Å². The second-order valence-electron chi connectivity index (χ2n) is 6.78. The first-order valence-electron chi connectivity index (χ1n) is 8.92. The molecular weight excluding hydrogens is 344 g/mol. The summed E-state index contributed by atoms with van der Waals surface area (Å²) >= 11 is 0. The number of fused-ring (bicyclic) bond motifs is 1. The van der Waals surface area contributed by atoms with Crippen molar-refractivity contribution in [2.75, 3.05) is 24.7 Å². The largest absolute Gasteiger partial charge is 0.377 e. The van der Waals surface area contributed by atoms with Crippen LogP contribution in [0, 0.1) is 0 Å². The van der Waals surface area contributed by atoms with Crippen molar-refractivity contribution >= 4 is 11.5 Å². The number of hydrogen-bond acceptors (Lipinski definition) is 6. The lowest BCUT2D eigenvalue weighted by Crippen LogP contribution is -2.44. The molecule has 4 aromatic rings. The number of rotatable bonds is 3. The Morgan fingerprint density at radius 2 is 2.19 bits per heavy atom. The normalized spacial score (nSPS) is 17.7. The van der Waals surface area contributed by atoms with Gasteiger partial charge in [-0.1, -0.05) is 0 Å². The lowest BCUT2D eigenvalue weighted by atomic mass is 10.2. The fourth-order valence-electron chi connectivity index (χ4n) is 3.52. The molecule has 1 atom stereocenters. The molecule has 1 saturated heterocycles. The second kappa shape index (κ2) is 6.20. The maximum atomic E-state index is 5.59. The minimum Gasteiger partial charge on any atom is -0.377 e. The molecule has 0 bridgehead atoms. The Balaban J connectivity index is 1.74. The van der Waals surface area contributed by atoms with Crippen molar-refractivity contribution in [2.45, 2.75) is 13.0 Å². The number of anilines is 1. The highest BCUT2D eigenvalue weighted by atomic mass is 16.5. The molecule has 1 N–H and O–H groups in total. The van der Waals surface area contributed by atoms with Crippen molar-refractivity contribution in [1.82, 2.24) is 34.6 Å². The number of nitrogens with zero attached hydrogens (tertiary/aromatic N) is 7. The Bertz CT molecular complexity index is 1080. The van der Waals surface area contributed by atoms with Crippen LogP contribution in [0.3, 0.4) is 0 Å². The Kier molecular flexibility index (Phi) is 3.68. The minimum absolute atomic E-state index is 0.258. The van der Waals surface area contributed by atoms with Gasteiger partial charge in [-0.15, -0.1) is 0 Å². The molecule has 5 heterocycles. The fraction of sp³-hybridized carbons (Fsp3) is 0.333. The molecule has 1 fully saturated rings. The number of ether oxygens (including phenoxy) is 1. The first-order valence-corrected chi connectivity index (χ1v) is 8.92. The lowest BCUT2D eigenvalue weighted by Gasteiger charge is -2.34. The number of aromatic amines is 1. The average molecular weight is 364 g/mol. The van der Waals surface area contributed by atoms with E-state index in [1.54, 1.807) is 10.9 Å². The summed E-state index contributed by atoms with van der Waals surface area (Å²) in [7, 11) is 1.91. The Labute approximate surface area is 155 Å². The van der Waals surface area contributed by atoms with Crippen LogP contribution < -0.4 is 4.90 Å². The van der Waals surface area contributed by atoms with E-state index in [4.69, 9.17) is 9.72 Å². The van der Waals surface area contributed by atoms with Gasteiger partial charge >= 0.3 is 0 Å². The van der Waals surface area contributed by atoms with Crippen LogP contribution in [0.1, 0.15) is 6.92 Å². The van der Waals surface area contributed by atoms with Crippen molar-refractivity contribution in [3.63, 3.8) is 0 Å². The highest BCUT2D eigenvalue weighted by Crippen LogP contribution is 2.30. The standard InChI is InChI=1S/C18H20N8O/c1-12-11-27-6-5-25(12)17-7-16(13-8-20-24(2)10-13)26-18(22-17)14(9-21-26)15-3-4-19-23-15/h3-4,7-10,12H,5-6,11H2,1-2H3,(H,19,23)/t12-/m1/s1. The molecule has 1 aliphatic heterocycles. The van der Waals surface area contributed by atoms with Gasteiger partial charge in [0.2, 0.25) is 0 Å². The van der Waals surface area contributed by atoms with E-state index in [-0.39, 0.29) is 6.04 Å². The quantitative estimate of drug-likeness (QED) is 0.596. The highest BCUT2D eigenvalue weighted by Gasteiger charge is 2.23. The van der Waals surface area contributed by atoms with Crippen LogP contribution >= 0.6 is 0 Å². The number of morpholine rings is 1. The number of hydrogen-bond donors (Lipinski definition) is 1. The SMILES string of the molecule is C[C@@H]1COCCN1c1cc(-c2cnn(C)c2)n2ncc(-c3ccn[nH]3)c2n1. The maximum absolute atomic E-state index is 5.59. The molecule has 1 aliphatic rings. The molecular formula is C18H20N8O. The number of nitrogens with one attached hydrogen (secondary N) is 1. The summed E-state index contributed by atoms with van der Waals surface area (Å²) in [5.74, 6) is 0.915. The molecule has 5 rings (SSSR count). The van der Waals surface area contributed by atoms with Crippen molar-refractivity contribution in [2.24, 2.45) is 7.05 Å². The molecule has 0 aliphatic carbocycles. The Hall–Kier alpha value is -3.20. The monoisotopic (exact) mass is 364 g/mol. The number of H-pyrrole nitrogens is 1. The zero-order valence-corrected chi connectivity index (χ0v) is 15.2. The fourth-order valence-corrected chi connectivity index (χ4v) is 3.52. The van der Waals surface area contributed by atoms with Gasteiger partial charge in [-0.3, -0.25) is 9.78 Å². The summed E-state index contributed by atoms with van der Waals surface area (Å²) in [5, 5.41) is 16.0. The van der Waals surface area contributed by atoms with Gasteiger partial charge in [0.05, 0.1) is 48.6 Å². The topological polar surface area (TPSA) is 89.2 Å². The molecule has 0 unspecified atom stereocenters. The summed E-state index contributed by atoms with van der Waals surface area (Å²) < 4.78 is 9.25. The van der Waals surface area contributed by atoms with Gasteiger partial charge in [0.25, 0.3) is 0 Å². The van der Waals surface area contributed by atoms with Crippen LogP contribution in [0.2, 0.25) is 0 Å². The minimum atomic E-state index is 0.258. The molecule has 27 heavy (non-hydrogen) atoms. The number of aryl methyl sites for hydroxylation is 1. The maximum Gasteiger partial charge on any atom is 0.167 e. The third kappa shape index (κ3) is 2.67. The molecule has 9 nitrogen and oxygen atoms in total. The zero-order chi connectivity index (χ0) is 18.4. The van der Waals surface area contributed by atoms with Gasteiger partial charge in [0.15, 0.2) is 5.65 Å². The molecule has 0 radical (unpaired) electrons. The molecule has 4 aromatic heterocycles. The Morgan fingerprint density at radius 1 is 1.26 bits per heavy atom. The van der Waals surface area contributed by atoms with Crippen LogP contribution in [-0.2, 0) is 11.8 Å². The van der Waals surface area contributed by atoms with E-state index >= 15 is 0 Å². The summed E-state index contributed by atoms with van der Waals surface area (Å²) in [5.41, 5.74) is 4.54. The van der Waals surface area contributed by atoms with E-state index in [1.165, 1.54) is 0 Å². The number of aromatic nitrogens is 7. The molecule has 9 heteroatoms. The van der Waals surface area contributed by atoms with E-state index in [1.807, 2.05) is 36.2 Å². The Morgan fingerprint density at radius 3 is 2.93 bits per heavy atom. The molecule has 0 aromatic carbocycles. The van der Waals surface area contributed by atoms with Gasteiger partial charge in [-0.05, 0) is 13.0 Å². The lowest BCUT2D eigenvalue weighted by molar-refractivity contribution is 0.0985. The van der Waals surface area contributed by atoms with Gasteiger partial charge < -0.3 is 9.64 Å². The van der Waals surface area contributed by atoms with Crippen molar-refractivity contribution in [3.05, 3.63) is 36.9 Å². The summed E-state index contributed by atoms with van der Waals surface area (Å²) in [4.78, 5) is 7.24. The van der Waals surface area contributed by atoms with Crippen molar-refractivity contribution in [1.29, 1.82) is 0 Å². The second-order valence-corrected chi connectivity index (χ2v) is 6.78. The van der Waals surface area contributed by atoms with Crippen LogP contribution in [-0.4, -0.2) is 60.4 Å². The van der Waals surface area contributed by atoms with Crippen molar-refractivity contribution < 1.29 is 4.74 Å². The van der Waals surface area contributed by atoms with Gasteiger partial charge in [-0.25, -0.2) is 9.50 Å². The van der Waals surface area contributed by atoms with Crippen LogP contribution in [0.4, 0.5) is 5.82 Å². The molecule has 0 amide bonds. The van der Waals surface area contributed by atoms with Crippen molar-refractivity contribution in [3.8, 4) is 22.5 Å².